The van der Waals surface area contributed by atoms with Gasteiger partial charge in [0.25, 0.3) is 5.91 Å². The molecule has 0 unspecified atom stereocenters. The van der Waals surface area contributed by atoms with Crippen molar-refractivity contribution in [1.82, 2.24) is 9.97 Å². The van der Waals surface area contributed by atoms with Crippen molar-refractivity contribution in [3.8, 4) is 5.75 Å². The first kappa shape index (κ1) is 18.2. The highest BCUT2D eigenvalue weighted by molar-refractivity contribution is 6.04. The summed E-state index contributed by atoms with van der Waals surface area (Å²) in [4.78, 5) is 20.4. The van der Waals surface area contributed by atoms with Crippen LogP contribution in [0.2, 0.25) is 0 Å². The topological polar surface area (TPSA) is 76.1 Å². The van der Waals surface area contributed by atoms with Gasteiger partial charge in [0, 0.05) is 24.1 Å². The number of methoxy groups -OCH3 is 1. The third-order valence-corrected chi connectivity index (χ3v) is 3.69. The number of nitrogens with zero attached hydrogens (tertiary/aromatic N) is 2. The van der Waals surface area contributed by atoms with Crippen LogP contribution in [0.25, 0.3) is 0 Å². The minimum atomic E-state index is -0.983. The fraction of sp³-hybridized carbons (Fsp3) is 0.105. The average Bonchev–Trinajstić information content (AvgIpc) is 2.65. The smallest absolute Gasteiger partial charge is 0.258 e. The Morgan fingerprint density at radius 1 is 1.04 bits per heavy atom. The second kappa shape index (κ2) is 7.77. The van der Waals surface area contributed by atoms with E-state index in [1.165, 1.54) is 25.6 Å². The lowest BCUT2D eigenvalue weighted by atomic mass is 10.2. The Morgan fingerprint density at radius 3 is 2.44 bits per heavy atom. The molecule has 1 amide bonds. The van der Waals surface area contributed by atoms with Crippen LogP contribution in [0.15, 0.2) is 48.8 Å². The molecule has 27 heavy (non-hydrogen) atoms. The number of carbonyl (C=O) groups excluding carboxylic acids is 1. The van der Waals surface area contributed by atoms with Gasteiger partial charge >= 0.3 is 0 Å². The number of ether oxygens (including phenoxy) is 1. The molecule has 3 aromatic rings. The maximum Gasteiger partial charge on any atom is 0.258 e. The maximum atomic E-state index is 13.2. The van der Waals surface area contributed by atoms with Gasteiger partial charge in [-0.3, -0.25) is 4.79 Å². The van der Waals surface area contributed by atoms with E-state index in [9.17, 15) is 13.6 Å². The number of amides is 1. The van der Waals surface area contributed by atoms with Gasteiger partial charge in [0.2, 0.25) is 5.95 Å². The zero-order valence-electron chi connectivity index (χ0n) is 14.6. The molecule has 0 saturated heterocycles. The molecule has 8 heteroatoms. The summed E-state index contributed by atoms with van der Waals surface area (Å²) in [5.41, 5.74) is 2.02. The first-order valence-electron chi connectivity index (χ1n) is 7.96. The third-order valence-electron chi connectivity index (χ3n) is 3.69. The molecular weight excluding hydrogens is 354 g/mol. The molecule has 0 fully saturated rings. The molecule has 0 saturated carbocycles. The number of benzene rings is 2. The van der Waals surface area contributed by atoms with E-state index in [0.29, 0.717) is 11.4 Å². The predicted octanol–water partition coefficient (Wildman–Crippen LogP) is 4.07. The SMILES string of the molecule is COc1ccc(C)cc1NC(=O)c1cnc(Nc2ccc(F)c(F)c2)nc1. The predicted molar refractivity (Wildman–Crippen MR) is 97.4 cm³/mol. The van der Waals surface area contributed by atoms with Crippen molar-refractivity contribution < 1.29 is 18.3 Å². The Hall–Kier alpha value is -3.55. The van der Waals surface area contributed by atoms with E-state index in [-0.39, 0.29) is 17.2 Å². The summed E-state index contributed by atoms with van der Waals surface area (Å²) in [5, 5.41) is 5.48. The number of nitrogens with one attached hydrogen (secondary N) is 2. The molecule has 0 aliphatic rings. The standard InChI is InChI=1S/C19H16F2N4O2/c1-11-3-6-17(27-2)16(7-11)25-18(26)12-9-22-19(23-10-12)24-13-4-5-14(20)15(21)8-13/h3-10H,1-2H3,(H,25,26)(H,22,23,24). The van der Waals surface area contributed by atoms with Crippen molar-refractivity contribution in [2.75, 3.05) is 17.7 Å². The van der Waals surface area contributed by atoms with Crippen LogP contribution in [-0.2, 0) is 0 Å². The Morgan fingerprint density at radius 2 is 1.78 bits per heavy atom. The van der Waals surface area contributed by atoms with E-state index < -0.39 is 17.5 Å². The molecule has 3 rings (SSSR count). The van der Waals surface area contributed by atoms with Gasteiger partial charge in [-0.2, -0.15) is 0 Å². The minimum absolute atomic E-state index is 0.144. The average molecular weight is 370 g/mol. The minimum Gasteiger partial charge on any atom is -0.495 e. The van der Waals surface area contributed by atoms with Gasteiger partial charge in [-0.15, -0.1) is 0 Å². The van der Waals surface area contributed by atoms with Crippen molar-refractivity contribution in [3.05, 3.63) is 71.6 Å². The largest absolute Gasteiger partial charge is 0.495 e. The fourth-order valence-corrected chi connectivity index (χ4v) is 2.33. The molecule has 2 aromatic carbocycles. The number of carbonyl (C=O) groups is 1. The summed E-state index contributed by atoms with van der Waals surface area (Å²) in [6.45, 7) is 1.90. The molecule has 0 atom stereocenters. The number of aryl methyl sites for hydroxylation is 1. The molecule has 0 spiro atoms. The molecule has 0 aliphatic heterocycles. The molecule has 1 aromatic heterocycles. The summed E-state index contributed by atoms with van der Waals surface area (Å²) >= 11 is 0. The van der Waals surface area contributed by atoms with Gasteiger partial charge in [-0.25, -0.2) is 18.7 Å². The van der Waals surface area contributed by atoms with Crippen molar-refractivity contribution in [1.29, 1.82) is 0 Å². The van der Waals surface area contributed by atoms with E-state index >= 15 is 0 Å². The normalized spacial score (nSPS) is 10.4. The van der Waals surface area contributed by atoms with Crippen molar-refractivity contribution in [2.45, 2.75) is 6.92 Å². The fourth-order valence-electron chi connectivity index (χ4n) is 2.33. The van der Waals surface area contributed by atoms with Crippen molar-refractivity contribution in [3.63, 3.8) is 0 Å². The van der Waals surface area contributed by atoms with Gasteiger partial charge in [-0.1, -0.05) is 6.07 Å². The number of aromatic nitrogens is 2. The lowest BCUT2D eigenvalue weighted by Crippen LogP contribution is -2.14. The maximum absolute atomic E-state index is 13.2. The zero-order valence-corrected chi connectivity index (χ0v) is 14.6. The first-order valence-corrected chi connectivity index (χ1v) is 7.96. The summed E-state index contributed by atoms with van der Waals surface area (Å²) < 4.78 is 31.4. The van der Waals surface area contributed by atoms with Crippen LogP contribution in [0.1, 0.15) is 15.9 Å². The van der Waals surface area contributed by atoms with Crippen LogP contribution >= 0.6 is 0 Å². The summed E-state index contributed by atoms with van der Waals surface area (Å²) in [5.74, 6) is -1.65. The number of halogens is 2. The number of hydrogen-bond donors (Lipinski definition) is 2. The molecule has 0 bridgehead atoms. The molecule has 0 aliphatic carbocycles. The van der Waals surface area contributed by atoms with Gasteiger partial charge in [0.1, 0.15) is 5.75 Å². The Bertz CT molecular complexity index is 978. The molecule has 2 N–H and O–H groups in total. The van der Waals surface area contributed by atoms with Crippen LogP contribution in [0.3, 0.4) is 0 Å². The quantitative estimate of drug-likeness (QED) is 0.708. The Kier molecular flexibility index (Phi) is 5.25. The van der Waals surface area contributed by atoms with E-state index in [1.807, 2.05) is 13.0 Å². The van der Waals surface area contributed by atoms with E-state index in [4.69, 9.17) is 4.74 Å². The summed E-state index contributed by atoms with van der Waals surface area (Å²) in [6, 6.07) is 8.76. The first-order chi connectivity index (χ1) is 13.0. The van der Waals surface area contributed by atoms with Gasteiger partial charge in [0.05, 0.1) is 18.4 Å². The van der Waals surface area contributed by atoms with Gasteiger partial charge < -0.3 is 15.4 Å². The lowest BCUT2D eigenvalue weighted by Gasteiger charge is -2.11. The zero-order chi connectivity index (χ0) is 19.4. The highest BCUT2D eigenvalue weighted by atomic mass is 19.2. The van der Waals surface area contributed by atoms with Gasteiger partial charge in [-0.05, 0) is 36.8 Å². The van der Waals surface area contributed by atoms with Crippen LogP contribution in [0.4, 0.5) is 26.1 Å². The van der Waals surface area contributed by atoms with E-state index in [0.717, 1.165) is 17.7 Å². The summed E-state index contributed by atoms with van der Waals surface area (Å²) in [6.07, 6.45) is 2.65. The molecule has 6 nitrogen and oxygen atoms in total. The van der Waals surface area contributed by atoms with Crippen LogP contribution < -0.4 is 15.4 Å². The van der Waals surface area contributed by atoms with Crippen LogP contribution in [-0.4, -0.2) is 23.0 Å². The monoisotopic (exact) mass is 370 g/mol. The highest BCUT2D eigenvalue weighted by Crippen LogP contribution is 2.25. The van der Waals surface area contributed by atoms with Crippen LogP contribution in [0.5, 0.6) is 5.75 Å². The molecular formula is C19H16F2N4O2. The second-order valence-corrected chi connectivity index (χ2v) is 5.71. The molecule has 1 heterocycles. The molecule has 138 valence electrons. The van der Waals surface area contributed by atoms with E-state index in [2.05, 4.69) is 20.6 Å². The van der Waals surface area contributed by atoms with E-state index in [1.54, 1.807) is 12.1 Å². The number of rotatable bonds is 5. The van der Waals surface area contributed by atoms with Crippen LogP contribution in [0, 0.1) is 18.6 Å². The number of anilines is 3. The van der Waals surface area contributed by atoms with Crippen molar-refractivity contribution in [2.24, 2.45) is 0 Å². The lowest BCUT2D eigenvalue weighted by molar-refractivity contribution is 0.102. The summed E-state index contributed by atoms with van der Waals surface area (Å²) in [7, 11) is 1.52. The highest BCUT2D eigenvalue weighted by Gasteiger charge is 2.12. The third kappa shape index (κ3) is 4.35. The Balaban J connectivity index is 1.72. The Labute approximate surface area is 154 Å². The van der Waals surface area contributed by atoms with Crippen molar-refractivity contribution >= 4 is 23.2 Å². The molecule has 0 radical (unpaired) electrons. The number of hydrogen-bond acceptors (Lipinski definition) is 5. The second-order valence-electron chi connectivity index (χ2n) is 5.71. The van der Waals surface area contributed by atoms with Gasteiger partial charge in [0.15, 0.2) is 11.6 Å².